The van der Waals surface area contributed by atoms with Crippen LogP contribution in [0, 0.1) is 34.5 Å². The van der Waals surface area contributed by atoms with E-state index >= 15 is 0 Å². The average molecular weight is 349 g/mol. The highest BCUT2D eigenvalue weighted by Crippen LogP contribution is 2.67. The first-order valence-corrected chi connectivity index (χ1v) is 11.4. The molecule has 0 radical (unpaired) electrons. The van der Waals surface area contributed by atoms with Crippen molar-refractivity contribution in [3.05, 3.63) is 41.5 Å². The minimum atomic E-state index is 0.575. The van der Waals surface area contributed by atoms with E-state index in [1.54, 1.807) is 0 Å². The van der Waals surface area contributed by atoms with Crippen molar-refractivity contribution in [2.75, 3.05) is 0 Å². The van der Waals surface area contributed by atoms with Gasteiger partial charge in [-0.05, 0) is 85.0 Å². The highest BCUT2D eigenvalue weighted by atomic mass is 14.6. The molecular formula is C26H36. The van der Waals surface area contributed by atoms with Gasteiger partial charge in [-0.1, -0.05) is 75.1 Å². The van der Waals surface area contributed by atoms with Gasteiger partial charge in [0.1, 0.15) is 0 Å². The van der Waals surface area contributed by atoms with Gasteiger partial charge >= 0.3 is 0 Å². The van der Waals surface area contributed by atoms with Crippen LogP contribution in [-0.2, 0) is 0 Å². The average Bonchev–Trinajstić information content (AvgIpc) is 3.04. The van der Waals surface area contributed by atoms with Gasteiger partial charge in [0, 0.05) is 0 Å². The molecule has 0 spiro atoms. The van der Waals surface area contributed by atoms with Gasteiger partial charge < -0.3 is 0 Å². The quantitative estimate of drug-likeness (QED) is 0.493. The Kier molecular flexibility index (Phi) is 4.11. The Balaban J connectivity index is 1.56. The van der Waals surface area contributed by atoms with Crippen LogP contribution >= 0.6 is 0 Å². The van der Waals surface area contributed by atoms with Gasteiger partial charge in [0.2, 0.25) is 0 Å². The van der Waals surface area contributed by atoms with Crippen molar-refractivity contribution in [1.82, 2.24) is 0 Å². The Hall–Kier alpha value is -1.04. The summed E-state index contributed by atoms with van der Waals surface area (Å²) in [6.07, 6.45) is 17.4. The molecule has 0 saturated heterocycles. The molecule has 5 rings (SSSR count). The smallest absolute Gasteiger partial charge is 0.0143 e. The van der Waals surface area contributed by atoms with E-state index in [0.717, 1.165) is 23.7 Å². The Labute approximate surface area is 160 Å². The largest absolute Gasteiger partial charge is 0.0657 e. The fourth-order valence-electron chi connectivity index (χ4n) is 8.13. The predicted molar refractivity (Wildman–Crippen MR) is 111 cm³/mol. The lowest BCUT2D eigenvalue weighted by molar-refractivity contribution is -0.0794. The van der Waals surface area contributed by atoms with Crippen LogP contribution in [-0.4, -0.2) is 0 Å². The van der Waals surface area contributed by atoms with Crippen LogP contribution < -0.4 is 0 Å². The Morgan fingerprint density at radius 3 is 2.54 bits per heavy atom. The van der Waals surface area contributed by atoms with Crippen molar-refractivity contribution >= 4 is 6.08 Å². The van der Waals surface area contributed by atoms with E-state index in [9.17, 15) is 0 Å². The zero-order valence-corrected chi connectivity index (χ0v) is 16.8. The molecule has 1 aromatic rings. The number of rotatable bonds is 1. The first-order chi connectivity index (χ1) is 12.6. The third-order valence-electron chi connectivity index (χ3n) is 9.39. The van der Waals surface area contributed by atoms with Crippen molar-refractivity contribution < 1.29 is 0 Å². The van der Waals surface area contributed by atoms with Gasteiger partial charge in [0.05, 0.1) is 0 Å². The summed E-state index contributed by atoms with van der Waals surface area (Å²) in [5.41, 5.74) is 4.48. The molecule has 0 amide bonds. The number of hydrogen-bond acceptors (Lipinski definition) is 0. The molecular weight excluding hydrogens is 312 g/mol. The molecule has 4 aliphatic carbocycles. The lowest BCUT2D eigenvalue weighted by atomic mass is 9.44. The van der Waals surface area contributed by atoms with E-state index < -0.39 is 0 Å². The van der Waals surface area contributed by atoms with Crippen molar-refractivity contribution in [2.24, 2.45) is 34.5 Å². The van der Waals surface area contributed by atoms with Crippen molar-refractivity contribution in [2.45, 2.75) is 78.1 Å². The van der Waals surface area contributed by atoms with E-state index in [2.05, 4.69) is 50.3 Å². The molecule has 1 aromatic carbocycles. The normalized spacial score (nSPS) is 46.5. The molecule has 6 atom stereocenters. The molecule has 0 aliphatic heterocycles. The zero-order chi connectivity index (χ0) is 17.8. The fraction of sp³-hybridized carbons (Fsp3) is 0.692. The summed E-state index contributed by atoms with van der Waals surface area (Å²) in [6.45, 7) is 5.33. The van der Waals surface area contributed by atoms with Crippen LogP contribution in [0.25, 0.3) is 6.08 Å². The molecule has 0 aromatic heterocycles. The molecule has 0 N–H and O–H groups in total. The molecule has 0 unspecified atom stereocenters. The third kappa shape index (κ3) is 2.54. The number of allylic oxidation sites excluding steroid dienone is 1. The van der Waals surface area contributed by atoms with Crippen LogP contribution in [0.3, 0.4) is 0 Å². The minimum Gasteiger partial charge on any atom is -0.0657 e. The molecule has 140 valence electrons. The molecule has 4 fully saturated rings. The van der Waals surface area contributed by atoms with Crippen molar-refractivity contribution in [3.8, 4) is 0 Å². The third-order valence-corrected chi connectivity index (χ3v) is 9.39. The number of benzene rings is 1. The molecule has 4 aliphatic rings. The molecule has 4 saturated carbocycles. The highest BCUT2D eigenvalue weighted by Gasteiger charge is 2.58. The summed E-state index contributed by atoms with van der Waals surface area (Å²) in [4.78, 5) is 0. The standard InChI is InChI=1S/C26H36/c1-25-14-8-12-23(25)21-18-20(17-19-9-4-3-5-10-19)22-11-6-7-15-26(22,2)24(21)13-16-25/h3-5,9-10,17,21-24H,6-8,11-16,18H2,1-2H3/t21-,22+,23-,24-,25-,26-/m0/s1. The topological polar surface area (TPSA) is 0 Å². The second-order valence-electron chi connectivity index (χ2n) is 10.6. The summed E-state index contributed by atoms with van der Waals surface area (Å²) >= 11 is 0. The maximum Gasteiger partial charge on any atom is -0.0143 e. The summed E-state index contributed by atoms with van der Waals surface area (Å²) in [5.74, 6) is 3.81. The molecule has 0 nitrogen and oxygen atoms in total. The van der Waals surface area contributed by atoms with Gasteiger partial charge in [-0.3, -0.25) is 0 Å². The van der Waals surface area contributed by atoms with Crippen LogP contribution in [0.1, 0.15) is 83.6 Å². The van der Waals surface area contributed by atoms with Gasteiger partial charge in [0.25, 0.3) is 0 Å². The monoisotopic (exact) mass is 348 g/mol. The molecule has 0 heterocycles. The van der Waals surface area contributed by atoms with Crippen LogP contribution in [0.4, 0.5) is 0 Å². The zero-order valence-electron chi connectivity index (χ0n) is 16.8. The predicted octanol–water partition coefficient (Wildman–Crippen LogP) is 7.50. The van der Waals surface area contributed by atoms with E-state index in [1.165, 1.54) is 69.8 Å². The minimum absolute atomic E-state index is 0.575. The lowest BCUT2D eigenvalue weighted by Crippen LogP contribution is -2.52. The second-order valence-corrected chi connectivity index (χ2v) is 10.6. The summed E-state index contributed by atoms with van der Waals surface area (Å²) < 4.78 is 0. The van der Waals surface area contributed by atoms with Gasteiger partial charge in [-0.15, -0.1) is 0 Å². The maximum atomic E-state index is 2.70. The lowest BCUT2D eigenvalue weighted by Gasteiger charge is -2.60. The highest BCUT2D eigenvalue weighted by molar-refractivity contribution is 5.54. The summed E-state index contributed by atoms with van der Waals surface area (Å²) in [5, 5.41) is 0. The molecule has 0 heteroatoms. The SMILES string of the molecule is C[C@@]12CCC[C@H]1[C@@H]1CC(=Cc3ccccc3)[C@H]3CCCC[C@]3(C)[C@H]1CC2. The van der Waals surface area contributed by atoms with Crippen molar-refractivity contribution in [1.29, 1.82) is 0 Å². The van der Waals surface area contributed by atoms with Gasteiger partial charge in [-0.2, -0.15) is 0 Å². The van der Waals surface area contributed by atoms with Gasteiger partial charge in [-0.25, -0.2) is 0 Å². The van der Waals surface area contributed by atoms with Gasteiger partial charge in [0.15, 0.2) is 0 Å². The van der Waals surface area contributed by atoms with E-state index in [1.807, 2.05) is 5.57 Å². The van der Waals surface area contributed by atoms with Crippen molar-refractivity contribution in [3.63, 3.8) is 0 Å². The molecule has 26 heavy (non-hydrogen) atoms. The second kappa shape index (κ2) is 6.25. The van der Waals surface area contributed by atoms with Crippen LogP contribution in [0.5, 0.6) is 0 Å². The van der Waals surface area contributed by atoms with E-state index in [0.29, 0.717) is 10.8 Å². The van der Waals surface area contributed by atoms with E-state index in [4.69, 9.17) is 0 Å². The summed E-state index contributed by atoms with van der Waals surface area (Å²) in [7, 11) is 0. The summed E-state index contributed by atoms with van der Waals surface area (Å²) in [6, 6.07) is 11.2. The first kappa shape index (κ1) is 17.1. The fourth-order valence-corrected chi connectivity index (χ4v) is 8.13. The Bertz CT molecular complexity index is 685. The van der Waals surface area contributed by atoms with Crippen LogP contribution in [0.2, 0.25) is 0 Å². The number of fused-ring (bicyclic) bond motifs is 5. The first-order valence-electron chi connectivity index (χ1n) is 11.4. The maximum absolute atomic E-state index is 2.70. The van der Waals surface area contributed by atoms with Crippen LogP contribution in [0.15, 0.2) is 35.9 Å². The Morgan fingerprint density at radius 2 is 1.69 bits per heavy atom. The number of hydrogen-bond donors (Lipinski definition) is 0. The van der Waals surface area contributed by atoms with E-state index in [-0.39, 0.29) is 0 Å². The molecule has 0 bridgehead atoms. The Morgan fingerprint density at radius 1 is 0.846 bits per heavy atom.